The first-order valence-electron chi connectivity index (χ1n) is 7.96. The summed E-state index contributed by atoms with van der Waals surface area (Å²) in [5, 5.41) is 10.2. The molecule has 0 aliphatic carbocycles. The standard InChI is InChI=1S/C17H16F2N6O2/c1-10(14(18)19)25-9-21-24-15(25)12-6-3-7-13(22-12)23-16(26)11-5-4-8-20-17(11)27-2/h3-10,14H,1-2H3,(H,22,23,26)/t10-/m1/s1. The number of nitrogens with one attached hydrogen (secondary N) is 1. The lowest BCUT2D eigenvalue weighted by Crippen LogP contribution is -2.16. The summed E-state index contributed by atoms with van der Waals surface area (Å²) in [6.07, 6.45) is 0.145. The Morgan fingerprint density at radius 2 is 2.07 bits per heavy atom. The number of hydrogen-bond donors (Lipinski definition) is 1. The topological polar surface area (TPSA) is 94.8 Å². The number of nitrogens with zero attached hydrogens (tertiary/aromatic N) is 5. The predicted molar refractivity (Wildman–Crippen MR) is 92.7 cm³/mol. The fourth-order valence-electron chi connectivity index (χ4n) is 2.38. The molecule has 1 N–H and O–H groups in total. The molecule has 3 heterocycles. The van der Waals surface area contributed by atoms with E-state index in [0.29, 0.717) is 5.69 Å². The Hall–Kier alpha value is -3.43. The highest BCUT2D eigenvalue weighted by molar-refractivity contribution is 6.05. The average Bonchev–Trinajstić information content (AvgIpc) is 3.17. The number of pyridine rings is 2. The van der Waals surface area contributed by atoms with E-state index in [0.717, 1.165) is 0 Å². The van der Waals surface area contributed by atoms with Crippen LogP contribution in [0.3, 0.4) is 0 Å². The molecule has 0 unspecified atom stereocenters. The summed E-state index contributed by atoms with van der Waals surface area (Å²) in [5.41, 5.74) is 0.539. The molecule has 3 aromatic rings. The van der Waals surface area contributed by atoms with Crippen molar-refractivity contribution < 1.29 is 18.3 Å². The molecule has 140 valence electrons. The molecule has 0 fully saturated rings. The van der Waals surface area contributed by atoms with E-state index in [1.807, 2.05) is 0 Å². The van der Waals surface area contributed by atoms with Crippen LogP contribution in [0.2, 0.25) is 0 Å². The molecule has 0 bridgehead atoms. The van der Waals surface area contributed by atoms with Crippen LogP contribution in [0.5, 0.6) is 5.88 Å². The summed E-state index contributed by atoms with van der Waals surface area (Å²) in [4.78, 5) is 20.7. The lowest BCUT2D eigenvalue weighted by Gasteiger charge is -2.14. The summed E-state index contributed by atoms with van der Waals surface area (Å²) in [6, 6.07) is 6.85. The maximum Gasteiger partial charge on any atom is 0.262 e. The van der Waals surface area contributed by atoms with Gasteiger partial charge in [-0.2, -0.15) is 0 Å². The largest absolute Gasteiger partial charge is 0.480 e. The van der Waals surface area contributed by atoms with Gasteiger partial charge in [0.15, 0.2) is 5.82 Å². The molecule has 0 aromatic carbocycles. The van der Waals surface area contributed by atoms with E-state index in [1.54, 1.807) is 30.3 Å². The van der Waals surface area contributed by atoms with Crippen molar-refractivity contribution in [3.63, 3.8) is 0 Å². The van der Waals surface area contributed by atoms with Crippen molar-refractivity contribution >= 4 is 11.7 Å². The lowest BCUT2D eigenvalue weighted by molar-refractivity contribution is 0.0919. The van der Waals surface area contributed by atoms with Gasteiger partial charge in [0.1, 0.15) is 23.4 Å². The minimum atomic E-state index is -2.58. The van der Waals surface area contributed by atoms with E-state index in [1.165, 1.54) is 31.1 Å². The monoisotopic (exact) mass is 374 g/mol. The smallest absolute Gasteiger partial charge is 0.262 e. The first-order valence-corrected chi connectivity index (χ1v) is 7.96. The Morgan fingerprint density at radius 1 is 1.26 bits per heavy atom. The minimum Gasteiger partial charge on any atom is -0.480 e. The number of methoxy groups -OCH3 is 1. The third-order valence-corrected chi connectivity index (χ3v) is 3.81. The molecule has 0 aliphatic rings. The van der Waals surface area contributed by atoms with Gasteiger partial charge in [0.2, 0.25) is 5.88 Å². The molecule has 0 saturated heterocycles. The Bertz CT molecular complexity index is 946. The Labute approximate surface area is 153 Å². The SMILES string of the molecule is COc1ncccc1C(=O)Nc1cccc(-c2nncn2[C@H](C)C(F)F)n1. The minimum absolute atomic E-state index is 0.177. The van der Waals surface area contributed by atoms with Gasteiger partial charge in [-0.25, -0.2) is 18.7 Å². The van der Waals surface area contributed by atoms with Crippen LogP contribution in [0.1, 0.15) is 23.3 Å². The molecular weight excluding hydrogens is 358 g/mol. The molecule has 3 rings (SSSR count). The van der Waals surface area contributed by atoms with E-state index < -0.39 is 18.4 Å². The molecule has 3 aromatic heterocycles. The highest BCUT2D eigenvalue weighted by Gasteiger charge is 2.22. The number of anilines is 1. The fraction of sp³-hybridized carbons (Fsp3) is 0.235. The second-order valence-corrected chi connectivity index (χ2v) is 5.56. The van der Waals surface area contributed by atoms with Crippen molar-refractivity contribution in [2.45, 2.75) is 19.4 Å². The number of hydrogen-bond acceptors (Lipinski definition) is 6. The van der Waals surface area contributed by atoms with Crippen LogP contribution in [-0.4, -0.2) is 44.2 Å². The Morgan fingerprint density at radius 3 is 2.81 bits per heavy atom. The van der Waals surface area contributed by atoms with Crippen LogP contribution in [-0.2, 0) is 0 Å². The molecule has 10 heteroatoms. The van der Waals surface area contributed by atoms with E-state index in [2.05, 4.69) is 25.5 Å². The zero-order chi connectivity index (χ0) is 19.4. The number of amides is 1. The fourth-order valence-corrected chi connectivity index (χ4v) is 2.38. The summed E-state index contributed by atoms with van der Waals surface area (Å²) in [6.45, 7) is 1.36. The van der Waals surface area contributed by atoms with Crippen LogP contribution < -0.4 is 10.1 Å². The number of rotatable bonds is 6. The van der Waals surface area contributed by atoms with Gasteiger partial charge in [0.05, 0.1) is 13.2 Å². The van der Waals surface area contributed by atoms with Gasteiger partial charge in [0, 0.05) is 6.20 Å². The maximum absolute atomic E-state index is 13.0. The van der Waals surface area contributed by atoms with Crippen molar-refractivity contribution in [1.29, 1.82) is 0 Å². The van der Waals surface area contributed by atoms with Gasteiger partial charge in [-0.3, -0.25) is 4.79 Å². The van der Waals surface area contributed by atoms with Crippen LogP contribution in [0, 0.1) is 0 Å². The summed E-state index contributed by atoms with van der Waals surface area (Å²) in [7, 11) is 1.41. The predicted octanol–water partition coefficient (Wildman–Crippen LogP) is 2.82. The molecule has 0 aliphatic heterocycles. The number of alkyl halides is 2. The molecule has 27 heavy (non-hydrogen) atoms. The van der Waals surface area contributed by atoms with Gasteiger partial charge in [-0.1, -0.05) is 6.07 Å². The van der Waals surface area contributed by atoms with Crippen LogP contribution in [0.15, 0.2) is 42.9 Å². The third-order valence-electron chi connectivity index (χ3n) is 3.81. The van der Waals surface area contributed by atoms with Crippen molar-refractivity contribution in [3.05, 3.63) is 48.4 Å². The van der Waals surface area contributed by atoms with Gasteiger partial charge in [-0.15, -0.1) is 10.2 Å². The molecule has 0 spiro atoms. The van der Waals surface area contributed by atoms with Crippen molar-refractivity contribution in [2.24, 2.45) is 0 Å². The quantitative estimate of drug-likeness (QED) is 0.713. The molecule has 0 radical (unpaired) electrons. The van der Waals surface area contributed by atoms with E-state index in [4.69, 9.17) is 4.74 Å². The highest BCUT2D eigenvalue weighted by atomic mass is 19.3. The van der Waals surface area contributed by atoms with Crippen LogP contribution in [0.4, 0.5) is 14.6 Å². The van der Waals surface area contributed by atoms with Crippen molar-refractivity contribution in [1.82, 2.24) is 24.7 Å². The zero-order valence-corrected chi connectivity index (χ0v) is 14.5. The molecule has 1 amide bonds. The number of aromatic nitrogens is 5. The molecule has 1 atom stereocenters. The van der Waals surface area contributed by atoms with Crippen molar-refractivity contribution in [3.8, 4) is 17.4 Å². The van der Waals surface area contributed by atoms with Crippen LogP contribution >= 0.6 is 0 Å². The third kappa shape index (κ3) is 3.89. The molecule has 8 nitrogen and oxygen atoms in total. The number of carbonyl (C=O) groups is 1. The van der Waals surface area contributed by atoms with Gasteiger partial charge < -0.3 is 14.6 Å². The zero-order valence-electron chi connectivity index (χ0n) is 14.5. The second-order valence-electron chi connectivity index (χ2n) is 5.56. The van der Waals surface area contributed by atoms with Crippen molar-refractivity contribution in [2.75, 3.05) is 12.4 Å². The average molecular weight is 374 g/mol. The summed E-state index contributed by atoms with van der Waals surface area (Å²) >= 11 is 0. The van der Waals surface area contributed by atoms with E-state index >= 15 is 0 Å². The first kappa shape index (κ1) is 18.4. The second kappa shape index (κ2) is 7.85. The Kier molecular flexibility index (Phi) is 5.34. The van der Waals surface area contributed by atoms with E-state index in [-0.39, 0.29) is 23.1 Å². The number of ether oxygens (including phenoxy) is 1. The first-order chi connectivity index (χ1) is 13.0. The van der Waals surface area contributed by atoms with Gasteiger partial charge >= 0.3 is 0 Å². The summed E-state index contributed by atoms with van der Waals surface area (Å²) in [5.74, 6) is 0.115. The molecular formula is C17H16F2N6O2. The van der Waals surface area contributed by atoms with Gasteiger partial charge in [-0.05, 0) is 31.2 Å². The number of halogens is 2. The maximum atomic E-state index is 13.0. The van der Waals surface area contributed by atoms with Crippen LogP contribution in [0.25, 0.3) is 11.5 Å². The summed E-state index contributed by atoms with van der Waals surface area (Å²) < 4.78 is 32.4. The Balaban J connectivity index is 1.87. The lowest BCUT2D eigenvalue weighted by atomic mass is 10.2. The molecule has 0 saturated carbocycles. The van der Waals surface area contributed by atoms with Gasteiger partial charge in [0.25, 0.3) is 12.3 Å². The highest BCUT2D eigenvalue weighted by Crippen LogP contribution is 2.24. The van der Waals surface area contributed by atoms with E-state index in [9.17, 15) is 13.6 Å². The normalized spacial score (nSPS) is 12.0. The number of carbonyl (C=O) groups excluding carboxylic acids is 1.